The highest BCUT2D eigenvalue weighted by molar-refractivity contribution is 7.89. The number of benzene rings is 1. The third-order valence-electron chi connectivity index (χ3n) is 5.86. The number of anilines is 1. The van der Waals surface area contributed by atoms with Gasteiger partial charge in [0.05, 0.1) is 7.11 Å². The molecule has 3 heterocycles. The van der Waals surface area contributed by atoms with E-state index >= 15 is 0 Å². The van der Waals surface area contributed by atoms with Crippen LogP contribution in [0.2, 0.25) is 0 Å². The summed E-state index contributed by atoms with van der Waals surface area (Å²) in [6, 6.07) is 11.1. The van der Waals surface area contributed by atoms with Crippen molar-refractivity contribution < 1.29 is 17.9 Å². The van der Waals surface area contributed by atoms with E-state index in [0.717, 1.165) is 62.9 Å². The zero-order chi connectivity index (χ0) is 21.7. The summed E-state index contributed by atoms with van der Waals surface area (Å²) in [6.07, 6.45) is 3.36. The molecule has 0 amide bonds. The van der Waals surface area contributed by atoms with Crippen molar-refractivity contribution in [2.24, 2.45) is 0 Å². The first kappa shape index (κ1) is 21.9. The zero-order valence-electron chi connectivity index (χ0n) is 17.9. The number of nitrogens with zero attached hydrogens (tertiary/aromatic N) is 4. The van der Waals surface area contributed by atoms with Crippen LogP contribution in [0.3, 0.4) is 0 Å². The molecule has 1 aromatic carbocycles. The second-order valence-corrected chi connectivity index (χ2v) is 9.75. The molecule has 9 heteroatoms. The van der Waals surface area contributed by atoms with Gasteiger partial charge in [-0.3, -0.25) is 4.90 Å². The molecule has 0 bridgehead atoms. The highest BCUT2D eigenvalue weighted by Gasteiger charge is 2.27. The first-order valence-corrected chi connectivity index (χ1v) is 12.2. The van der Waals surface area contributed by atoms with Crippen LogP contribution in [0.4, 0.5) is 5.82 Å². The van der Waals surface area contributed by atoms with E-state index in [0.29, 0.717) is 19.7 Å². The molecule has 168 valence electrons. The average molecular weight is 447 g/mol. The zero-order valence-corrected chi connectivity index (χ0v) is 18.8. The number of aromatic nitrogens is 1. The summed E-state index contributed by atoms with van der Waals surface area (Å²) >= 11 is 0. The largest absolute Gasteiger partial charge is 0.497 e. The molecule has 2 aliphatic rings. The lowest BCUT2D eigenvalue weighted by molar-refractivity contribution is 0.200. The number of pyridine rings is 1. The van der Waals surface area contributed by atoms with Gasteiger partial charge in [0, 0.05) is 52.0 Å². The van der Waals surface area contributed by atoms with E-state index in [4.69, 9.17) is 9.47 Å². The van der Waals surface area contributed by atoms with Gasteiger partial charge in [0.2, 0.25) is 10.0 Å². The maximum absolute atomic E-state index is 12.6. The highest BCUT2D eigenvalue weighted by atomic mass is 32.2. The summed E-state index contributed by atoms with van der Waals surface area (Å²) in [5.41, 5.74) is 0. The van der Waals surface area contributed by atoms with Crippen molar-refractivity contribution in [3.8, 4) is 11.5 Å². The fourth-order valence-electron chi connectivity index (χ4n) is 3.95. The van der Waals surface area contributed by atoms with Crippen LogP contribution < -0.4 is 14.4 Å². The minimum absolute atomic E-state index is 0.285. The van der Waals surface area contributed by atoms with E-state index in [2.05, 4.69) is 14.8 Å². The van der Waals surface area contributed by atoms with Crippen LogP contribution in [0.25, 0.3) is 0 Å². The minimum Gasteiger partial charge on any atom is -0.497 e. The quantitative estimate of drug-likeness (QED) is 0.615. The molecule has 1 aromatic heterocycles. The standard InChI is InChI=1S/C22H30N4O4S/c1-29-19-4-6-20(7-5-19)30-17-16-24-12-14-25(15-13-24)22-9-8-21(18-23-22)31(27,28)26-10-2-3-11-26/h4-9,18H,2-3,10-17H2,1H3. The third-order valence-corrected chi connectivity index (χ3v) is 7.74. The first-order chi connectivity index (χ1) is 15.1. The Morgan fingerprint density at radius 3 is 2.19 bits per heavy atom. The number of sulfonamides is 1. The maximum atomic E-state index is 12.6. The Kier molecular flexibility index (Phi) is 6.94. The van der Waals surface area contributed by atoms with Crippen LogP contribution in [-0.2, 0) is 10.0 Å². The Hall–Kier alpha value is -2.36. The fourth-order valence-corrected chi connectivity index (χ4v) is 5.42. The molecule has 0 atom stereocenters. The number of ether oxygens (including phenoxy) is 2. The second kappa shape index (κ2) is 9.84. The van der Waals surface area contributed by atoms with Gasteiger partial charge in [0.25, 0.3) is 0 Å². The van der Waals surface area contributed by atoms with E-state index in [1.54, 1.807) is 17.5 Å². The van der Waals surface area contributed by atoms with Crippen molar-refractivity contribution in [2.45, 2.75) is 17.7 Å². The number of hydrogen-bond acceptors (Lipinski definition) is 7. The Bertz CT molecular complexity index is 936. The summed E-state index contributed by atoms with van der Waals surface area (Å²) in [7, 11) is -1.76. The smallest absolute Gasteiger partial charge is 0.244 e. The van der Waals surface area contributed by atoms with Gasteiger partial charge < -0.3 is 14.4 Å². The fraction of sp³-hybridized carbons (Fsp3) is 0.500. The molecule has 2 aromatic rings. The molecule has 0 aliphatic carbocycles. The van der Waals surface area contributed by atoms with Gasteiger partial charge in [-0.2, -0.15) is 4.31 Å². The van der Waals surface area contributed by atoms with Gasteiger partial charge >= 0.3 is 0 Å². The monoisotopic (exact) mass is 446 g/mol. The average Bonchev–Trinajstić information content (AvgIpc) is 3.36. The van der Waals surface area contributed by atoms with Gasteiger partial charge in [0.15, 0.2) is 0 Å². The Balaban J connectivity index is 1.24. The topological polar surface area (TPSA) is 75.2 Å². The SMILES string of the molecule is COc1ccc(OCCN2CCN(c3ccc(S(=O)(=O)N4CCCC4)cn3)CC2)cc1. The first-order valence-electron chi connectivity index (χ1n) is 10.8. The van der Waals surface area contributed by atoms with E-state index < -0.39 is 10.0 Å². The van der Waals surface area contributed by atoms with Crippen LogP contribution in [0.1, 0.15) is 12.8 Å². The van der Waals surface area contributed by atoms with Crippen molar-refractivity contribution in [1.29, 1.82) is 0 Å². The number of hydrogen-bond donors (Lipinski definition) is 0. The molecule has 0 saturated carbocycles. The normalized spacial score (nSPS) is 18.3. The lowest BCUT2D eigenvalue weighted by Gasteiger charge is -2.35. The predicted molar refractivity (Wildman–Crippen MR) is 119 cm³/mol. The second-order valence-electron chi connectivity index (χ2n) is 7.82. The molecule has 31 heavy (non-hydrogen) atoms. The van der Waals surface area contributed by atoms with Gasteiger partial charge in [-0.05, 0) is 49.2 Å². The highest BCUT2D eigenvalue weighted by Crippen LogP contribution is 2.22. The van der Waals surface area contributed by atoms with Gasteiger partial charge in [-0.1, -0.05) is 0 Å². The van der Waals surface area contributed by atoms with Crippen molar-refractivity contribution in [2.75, 3.05) is 64.4 Å². The van der Waals surface area contributed by atoms with Crippen LogP contribution in [0.5, 0.6) is 11.5 Å². The van der Waals surface area contributed by atoms with Crippen LogP contribution in [0, 0.1) is 0 Å². The van der Waals surface area contributed by atoms with Gasteiger partial charge in [-0.25, -0.2) is 13.4 Å². The lowest BCUT2D eigenvalue weighted by atomic mass is 10.3. The number of rotatable bonds is 8. The van der Waals surface area contributed by atoms with Crippen molar-refractivity contribution in [1.82, 2.24) is 14.2 Å². The van der Waals surface area contributed by atoms with Gasteiger partial charge in [-0.15, -0.1) is 0 Å². The molecule has 8 nitrogen and oxygen atoms in total. The van der Waals surface area contributed by atoms with E-state index in [-0.39, 0.29) is 4.90 Å². The predicted octanol–water partition coefficient (Wildman–Crippen LogP) is 2.08. The maximum Gasteiger partial charge on any atom is 0.244 e. The molecule has 0 N–H and O–H groups in total. The Morgan fingerprint density at radius 1 is 0.903 bits per heavy atom. The van der Waals surface area contributed by atoms with E-state index in [1.807, 2.05) is 30.3 Å². The van der Waals surface area contributed by atoms with E-state index in [9.17, 15) is 8.42 Å². The summed E-state index contributed by atoms with van der Waals surface area (Å²) < 4.78 is 37.8. The summed E-state index contributed by atoms with van der Waals surface area (Å²) in [6.45, 7) is 6.25. The number of piperazine rings is 1. The Morgan fingerprint density at radius 2 is 1.58 bits per heavy atom. The molecule has 4 rings (SSSR count). The summed E-state index contributed by atoms with van der Waals surface area (Å²) in [4.78, 5) is 9.30. The Labute approximate surface area is 184 Å². The molecule has 2 fully saturated rings. The summed E-state index contributed by atoms with van der Waals surface area (Å²) in [5, 5.41) is 0. The van der Waals surface area contributed by atoms with E-state index in [1.165, 1.54) is 6.20 Å². The lowest BCUT2D eigenvalue weighted by Crippen LogP contribution is -2.47. The van der Waals surface area contributed by atoms with Crippen LogP contribution >= 0.6 is 0 Å². The molecule has 0 unspecified atom stereocenters. The molecule has 2 saturated heterocycles. The van der Waals surface area contributed by atoms with Crippen LogP contribution in [-0.4, -0.2) is 82.1 Å². The minimum atomic E-state index is -3.41. The molecule has 0 radical (unpaired) electrons. The van der Waals surface area contributed by atoms with Crippen molar-refractivity contribution in [3.63, 3.8) is 0 Å². The summed E-state index contributed by atoms with van der Waals surface area (Å²) in [5.74, 6) is 2.49. The van der Waals surface area contributed by atoms with Crippen molar-refractivity contribution in [3.05, 3.63) is 42.6 Å². The third kappa shape index (κ3) is 5.28. The van der Waals surface area contributed by atoms with Gasteiger partial charge in [0.1, 0.15) is 28.8 Å². The molecule has 2 aliphatic heterocycles. The molecular weight excluding hydrogens is 416 g/mol. The number of methoxy groups -OCH3 is 1. The van der Waals surface area contributed by atoms with Crippen LogP contribution in [0.15, 0.2) is 47.5 Å². The molecular formula is C22H30N4O4S. The molecule has 0 spiro atoms. The van der Waals surface area contributed by atoms with Crippen molar-refractivity contribution >= 4 is 15.8 Å².